The molecule has 0 saturated heterocycles. The molecule has 2 aromatic carbocycles. The Labute approximate surface area is 145 Å². The van der Waals surface area contributed by atoms with Crippen LogP contribution in [-0.4, -0.2) is 21.2 Å². The van der Waals surface area contributed by atoms with E-state index in [2.05, 4.69) is 15.5 Å². The van der Waals surface area contributed by atoms with Crippen LogP contribution in [0.3, 0.4) is 0 Å². The fraction of sp³-hybridized carbons (Fsp3) is 0.211. The minimum atomic E-state index is -0.275. The van der Waals surface area contributed by atoms with Gasteiger partial charge in [-0.2, -0.15) is 0 Å². The number of amides is 1. The van der Waals surface area contributed by atoms with E-state index in [4.69, 9.17) is 4.84 Å². The highest BCUT2D eigenvalue weighted by Crippen LogP contribution is 2.27. The van der Waals surface area contributed by atoms with E-state index in [1.165, 1.54) is 0 Å². The highest BCUT2D eigenvalue weighted by Gasteiger charge is 2.28. The summed E-state index contributed by atoms with van der Waals surface area (Å²) in [7, 11) is 0. The summed E-state index contributed by atoms with van der Waals surface area (Å²) in [6.07, 6.45) is 0.231. The van der Waals surface area contributed by atoms with Crippen LogP contribution >= 0.6 is 0 Å². The molecule has 25 heavy (non-hydrogen) atoms. The number of hydrogen-bond donors (Lipinski definition) is 1. The van der Waals surface area contributed by atoms with E-state index in [-0.39, 0.29) is 12.0 Å². The molecule has 1 amide bonds. The van der Waals surface area contributed by atoms with Gasteiger partial charge < -0.3 is 9.40 Å². The molecule has 4 rings (SSSR count). The number of aromatic nitrogens is 2. The number of anilines is 1. The van der Waals surface area contributed by atoms with Gasteiger partial charge in [0.05, 0.1) is 11.0 Å². The lowest BCUT2D eigenvalue weighted by atomic mass is 10.0. The summed E-state index contributed by atoms with van der Waals surface area (Å²) >= 11 is 0. The van der Waals surface area contributed by atoms with Gasteiger partial charge in [0.1, 0.15) is 5.71 Å². The first-order valence-electron chi connectivity index (χ1n) is 8.30. The van der Waals surface area contributed by atoms with Crippen molar-refractivity contribution in [3.8, 4) is 0 Å². The van der Waals surface area contributed by atoms with Crippen LogP contribution in [0.15, 0.2) is 59.8 Å². The summed E-state index contributed by atoms with van der Waals surface area (Å²) in [4.78, 5) is 22.5. The van der Waals surface area contributed by atoms with E-state index >= 15 is 0 Å². The molecule has 0 radical (unpaired) electrons. The standard InChI is InChI=1S/C19H18N4O2/c1-2-23-16-11-7-6-10-14(16)20-19(23)21-18(24)15-12-17(25-22-15)13-8-4-3-5-9-13/h3-11,17H,2,12H2,1H3,(H,20,21,24)/t17-/m1/s1. The Morgan fingerprint density at radius 1 is 1.20 bits per heavy atom. The van der Waals surface area contributed by atoms with Gasteiger partial charge >= 0.3 is 0 Å². The number of nitrogens with one attached hydrogen (secondary N) is 1. The molecule has 0 spiro atoms. The van der Waals surface area contributed by atoms with Gasteiger partial charge in [0, 0.05) is 13.0 Å². The largest absolute Gasteiger partial charge is 0.387 e. The number of para-hydroxylation sites is 2. The van der Waals surface area contributed by atoms with Crippen molar-refractivity contribution in [1.82, 2.24) is 9.55 Å². The van der Waals surface area contributed by atoms with E-state index in [1.807, 2.05) is 66.1 Å². The lowest BCUT2D eigenvalue weighted by molar-refractivity contribution is -0.110. The van der Waals surface area contributed by atoms with Crippen molar-refractivity contribution in [3.63, 3.8) is 0 Å². The summed E-state index contributed by atoms with van der Waals surface area (Å²) in [6, 6.07) is 17.6. The summed E-state index contributed by atoms with van der Waals surface area (Å²) in [6.45, 7) is 2.73. The quantitative estimate of drug-likeness (QED) is 0.794. The predicted molar refractivity (Wildman–Crippen MR) is 96.4 cm³/mol. The Morgan fingerprint density at radius 2 is 1.96 bits per heavy atom. The van der Waals surface area contributed by atoms with Crippen molar-refractivity contribution >= 4 is 28.6 Å². The van der Waals surface area contributed by atoms with Gasteiger partial charge in [-0.3, -0.25) is 10.1 Å². The predicted octanol–water partition coefficient (Wildman–Crippen LogP) is 3.51. The average molecular weight is 334 g/mol. The molecule has 0 unspecified atom stereocenters. The number of rotatable bonds is 4. The minimum absolute atomic E-state index is 0.216. The summed E-state index contributed by atoms with van der Waals surface area (Å²) < 4.78 is 1.97. The number of carbonyl (C=O) groups excluding carboxylic acids is 1. The third-order valence-electron chi connectivity index (χ3n) is 4.30. The number of benzene rings is 2. The first-order valence-corrected chi connectivity index (χ1v) is 8.30. The second-order valence-electron chi connectivity index (χ2n) is 5.87. The van der Waals surface area contributed by atoms with Crippen LogP contribution in [0.2, 0.25) is 0 Å². The van der Waals surface area contributed by atoms with Crippen LogP contribution in [0.1, 0.15) is 25.0 Å². The van der Waals surface area contributed by atoms with Gasteiger partial charge in [0.2, 0.25) is 5.95 Å². The molecule has 6 nitrogen and oxygen atoms in total. The Bertz CT molecular complexity index is 946. The molecule has 0 saturated carbocycles. The lowest BCUT2D eigenvalue weighted by Crippen LogP contribution is -2.24. The highest BCUT2D eigenvalue weighted by atomic mass is 16.6. The molecule has 0 bridgehead atoms. The van der Waals surface area contributed by atoms with Crippen molar-refractivity contribution in [2.45, 2.75) is 26.0 Å². The van der Waals surface area contributed by atoms with Crippen molar-refractivity contribution in [3.05, 3.63) is 60.2 Å². The molecule has 3 aromatic rings. The monoisotopic (exact) mass is 334 g/mol. The fourth-order valence-corrected chi connectivity index (χ4v) is 3.02. The van der Waals surface area contributed by atoms with Crippen LogP contribution in [0, 0.1) is 0 Å². The van der Waals surface area contributed by atoms with Crippen LogP contribution in [0.5, 0.6) is 0 Å². The number of nitrogens with zero attached hydrogens (tertiary/aromatic N) is 3. The zero-order valence-electron chi connectivity index (χ0n) is 13.8. The molecule has 0 aliphatic carbocycles. The maximum atomic E-state index is 12.6. The molecule has 1 atom stereocenters. The van der Waals surface area contributed by atoms with E-state index in [9.17, 15) is 4.79 Å². The Balaban J connectivity index is 1.51. The van der Waals surface area contributed by atoms with Crippen molar-refractivity contribution < 1.29 is 9.63 Å². The number of carbonyl (C=O) groups is 1. The molecular weight excluding hydrogens is 316 g/mol. The summed E-state index contributed by atoms with van der Waals surface area (Å²) in [5, 5.41) is 6.83. The first kappa shape index (κ1) is 15.4. The maximum Gasteiger partial charge on any atom is 0.275 e. The second-order valence-corrected chi connectivity index (χ2v) is 5.87. The van der Waals surface area contributed by atoms with E-state index in [1.54, 1.807) is 0 Å². The highest BCUT2D eigenvalue weighted by molar-refractivity contribution is 6.43. The van der Waals surface area contributed by atoms with Gasteiger partial charge in [-0.1, -0.05) is 47.6 Å². The van der Waals surface area contributed by atoms with Gasteiger partial charge in [0.15, 0.2) is 6.10 Å². The number of fused-ring (bicyclic) bond motifs is 1. The molecule has 1 N–H and O–H groups in total. The minimum Gasteiger partial charge on any atom is -0.387 e. The zero-order valence-corrected chi connectivity index (χ0v) is 13.8. The maximum absolute atomic E-state index is 12.6. The normalized spacial score (nSPS) is 16.5. The lowest BCUT2D eigenvalue weighted by Gasteiger charge is -2.08. The smallest absolute Gasteiger partial charge is 0.275 e. The molecule has 0 fully saturated rings. The fourth-order valence-electron chi connectivity index (χ4n) is 3.02. The Kier molecular flexibility index (Phi) is 3.93. The molecule has 126 valence electrons. The zero-order chi connectivity index (χ0) is 17.2. The third kappa shape index (κ3) is 2.87. The van der Waals surface area contributed by atoms with Crippen LogP contribution in [-0.2, 0) is 16.2 Å². The summed E-state index contributed by atoms with van der Waals surface area (Å²) in [5.41, 5.74) is 3.23. The molecular formula is C19H18N4O2. The average Bonchev–Trinajstić information content (AvgIpc) is 3.27. The molecule has 2 heterocycles. The van der Waals surface area contributed by atoms with Gasteiger partial charge in [-0.15, -0.1) is 0 Å². The van der Waals surface area contributed by atoms with E-state index in [0.717, 1.165) is 16.6 Å². The molecule has 1 aromatic heterocycles. The van der Waals surface area contributed by atoms with Crippen molar-refractivity contribution in [1.29, 1.82) is 0 Å². The molecule has 1 aliphatic rings. The SMILES string of the molecule is CCn1c(NC(=O)C2=NO[C@@H](c3ccccc3)C2)nc2ccccc21. The number of aryl methyl sites for hydroxylation is 1. The summed E-state index contributed by atoms with van der Waals surface area (Å²) in [5.74, 6) is 0.253. The first-order chi connectivity index (χ1) is 12.3. The van der Waals surface area contributed by atoms with E-state index < -0.39 is 0 Å². The topological polar surface area (TPSA) is 68.5 Å². The number of oxime groups is 1. The Morgan fingerprint density at radius 3 is 2.76 bits per heavy atom. The van der Waals surface area contributed by atoms with Crippen molar-refractivity contribution in [2.75, 3.05) is 5.32 Å². The Hall–Kier alpha value is -3.15. The number of imidazole rings is 1. The number of hydrogen-bond acceptors (Lipinski definition) is 4. The molecule has 1 aliphatic heterocycles. The van der Waals surface area contributed by atoms with Gasteiger partial charge in [0.25, 0.3) is 5.91 Å². The van der Waals surface area contributed by atoms with Crippen molar-refractivity contribution in [2.24, 2.45) is 5.16 Å². The van der Waals surface area contributed by atoms with Crippen LogP contribution in [0.4, 0.5) is 5.95 Å². The van der Waals surface area contributed by atoms with Gasteiger partial charge in [-0.05, 0) is 24.6 Å². The molecule has 6 heteroatoms. The van der Waals surface area contributed by atoms with Crippen LogP contribution in [0.25, 0.3) is 11.0 Å². The van der Waals surface area contributed by atoms with Crippen LogP contribution < -0.4 is 5.32 Å². The third-order valence-corrected chi connectivity index (χ3v) is 4.30. The second kappa shape index (κ2) is 6.39. The van der Waals surface area contributed by atoms with E-state index in [0.29, 0.717) is 24.6 Å². The van der Waals surface area contributed by atoms with Gasteiger partial charge in [-0.25, -0.2) is 4.98 Å².